The maximum absolute atomic E-state index is 12.7. The average molecular weight is 484 g/mol. The van der Waals surface area contributed by atoms with Gasteiger partial charge in [0.05, 0.1) is 43.3 Å². The fraction of sp³-hybridized carbons (Fsp3) is 0.269. The SMILES string of the molecule is CCOc1cc(-c2c(C(=O)OC)c(C)nc(C)c2C(=O)OC)ccc1OCc1ccc(Cl)cc1. The van der Waals surface area contributed by atoms with Crippen molar-refractivity contribution in [1.29, 1.82) is 0 Å². The molecule has 3 aromatic rings. The van der Waals surface area contributed by atoms with Gasteiger partial charge in [0.1, 0.15) is 6.61 Å². The standard InChI is InChI=1S/C26H26ClNO6/c1-6-33-21-13-18(9-12-20(21)34-14-17-7-10-19(27)11-8-17)24-22(25(29)31-4)15(2)28-16(3)23(24)26(30)32-5/h7-13H,6,14H2,1-5H3. The molecule has 0 aliphatic heterocycles. The number of halogens is 1. The van der Waals surface area contributed by atoms with Crippen LogP contribution in [0.4, 0.5) is 0 Å². The highest BCUT2D eigenvalue weighted by atomic mass is 35.5. The van der Waals surface area contributed by atoms with Gasteiger partial charge in [-0.3, -0.25) is 4.98 Å². The summed E-state index contributed by atoms with van der Waals surface area (Å²) in [6.07, 6.45) is 0. The highest BCUT2D eigenvalue weighted by Gasteiger charge is 2.28. The van der Waals surface area contributed by atoms with Gasteiger partial charge in [-0.05, 0) is 56.2 Å². The predicted molar refractivity (Wildman–Crippen MR) is 129 cm³/mol. The Kier molecular flexibility index (Phi) is 8.12. The zero-order chi connectivity index (χ0) is 24.8. The summed E-state index contributed by atoms with van der Waals surface area (Å²) in [7, 11) is 2.56. The van der Waals surface area contributed by atoms with E-state index in [4.69, 9.17) is 30.5 Å². The van der Waals surface area contributed by atoms with Crippen molar-refractivity contribution >= 4 is 23.5 Å². The first-order valence-corrected chi connectivity index (χ1v) is 11.0. The molecule has 1 aromatic heterocycles. The Morgan fingerprint density at radius 2 is 1.44 bits per heavy atom. The average Bonchev–Trinajstić information content (AvgIpc) is 2.83. The highest BCUT2D eigenvalue weighted by molar-refractivity contribution is 6.30. The molecule has 7 nitrogen and oxygen atoms in total. The van der Waals surface area contributed by atoms with E-state index in [1.807, 2.05) is 19.1 Å². The summed E-state index contributed by atoms with van der Waals surface area (Å²) in [5.41, 5.74) is 3.13. The molecule has 8 heteroatoms. The smallest absolute Gasteiger partial charge is 0.340 e. The van der Waals surface area contributed by atoms with Gasteiger partial charge in [0, 0.05) is 10.6 Å². The van der Waals surface area contributed by atoms with Crippen molar-refractivity contribution in [3.8, 4) is 22.6 Å². The monoisotopic (exact) mass is 483 g/mol. The fourth-order valence-corrected chi connectivity index (χ4v) is 3.76. The van der Waals surface area contributed by atoms with Crippen LogP contribution in [-0.4, -0.2) is 37.7 Å². The number of aryl methyl sites for hydroxylation is 2. The van der Waals surface area contributed by atoms with Crippen molar-refractivity contribution in [3.63, 3.8) is 0 Å². The zero-order valence-corrected chi connectivity index (χ0v) is 20.5. The van der Waals surface area contributed by atoms with Gasteiger partial charge in [-0.15, -0.1) is 0 Å². The molecule has 0 saturated heterocycles. The first-order valence-electron chi connectivity index (χ1n) is 10.6. The van der Waals surface area contributed by atoms with Crippen molar-refractivity contribution in [2.45, 2.75) is 27.4 Å². The van der Waals surface area contributed by atoms with Crippen LogP contribution in [0, 0.1) is 13.8 Å². The molecule has 178 valence electrons. The van der Waals surface area contributed by atoms with Crippen LogP contribution in [0.5, 0.6) is 11.5 Å². The quantitative estimate of drug-likeness (QED) is 0.387. The summed E-state index contributed by atoms with van der Waals surface area (Å²) in [5.74, 6) is -0.229. The van der Waals surface area contributed by atoms with Gasteiger partial charge in [0.2, 0.25) is 0 Å². The Hall–Kier alpha value is -3.58. The lowest BCUT2D eigenvalue weighted by atomic mass is 9.92. The van der Waals surface area contributed by atoms with Crippen LogP contribution in [0.3, 0.4) is 0 Å². The van der Waals surface area contributed by atoms with Crippen molar-refractivity contribution in [2.24, 2.45) is 0 Å². The minimum Gasteiger partial charge on any atom is -0.490 e. The molecule has 0 saturated carbocycles. The number of hydrogen-bond donors (Lipinski definition) is 0. The van der Waals surface area contributed by atoms with Gasteiger partial charge in [-0.2, -0.15) is 0 Å². The molecule has 0 atom stereocenters. The van der Waals surface area contributed by atoms with Crippen molar-refractivity contribution < 1.29 is 28.5 Å². The summed E-state index contributed by atoms with van der Waals surface area (Å²) >= 11 is 5.95. The van der Waals surface area contributed by atoms with E-state index in [1.165, 1.54) is 14.2 Å². The van der Waals surface area contributed by atoms with Gasteiger partial charge in [-0.1, -0.05) is 29.8 Å². The first kappa shape index (κ1) is 25.1. The number of ether oxygens (including phenoxy) is 4. The van der Waals surface area contributed by atoms with E-state index < -0.39 is 11.9 Å². The Morgan fingerprint density at radius 1 is 0.853 bits per heavy atom. The molecule has 0 aliphatic carbocycles. The van der Waals surface area contributed by atoms with Crippen LogP contribution in [0.2, 0.25) is 5.02 Å². The summed E-state index contributed by atoms with van der Waals surface area (Å²) in [4.78, 5) is 29.7. The van der Waals surface area contributed by atoms with Gasteiger partial charge in [0.15, 0.2) is 11.5 Å². The molecule has 1 heterocycles. The lowest BCUT2D eigenvalue weighted by Gasteiger charge is -2.19. The number of hydrogen-bond acceptors (Lipinski definition) is 7. The number of benzene rings is 2. The third kappa shape index (κ3) is 5.31. The van der Waals surface area contributed by atoms with Crippen LogP contribution in [0.15, 0.2) is 42.5 Å². The molecule has 0 aliphatic rings. The summed E-state index contributed by atoms with van der Waals surface area (Å²) in [6.45, 7) is 5.94. The molecule has 0 N–H and O–H groups in total. The molecule has 3 rings (SSSR count). The summed E-state index contributed by atoms with van der Waals surface area (Å²) < 4.78 is 21.8. The first-order chi connectivity index (χ1) is 16.3. The minimum absolute atomic E-state index is 0.186. The maximum Gasteiger partial charge on any atom is 0.340 e. The van der Waals surface area contributed by atoms with Crippen molar-refractivity contribution in [1.82, 2.24) is 4.98 Å². The lowest BCUT2D eigenvalue weighted by Crippen LogP contribution is -2.16. The predicted octanol–water partition coefficient (Wildman–Crippen LogP) is 5.57. The molecule has 34 heavy (non-hydrogen) atoms. The largest absolute Gasteiger partial charge is 0.490 e. The molecule has 0 fully saturated rings. The Labute approximate surface area is 203 Å². The molecule has 0 unspecified atom stereocenters. The Bertz CT molecular complexity index is 1170. The van der Waals surface area contributed by atoms with E-state index in [2.05, 4.69) is 4.98 Å². The molecule has 0 amide bonds. The summed E-state index contributed by atoms with van der Waals surface area (Å²) in [6, 6.07) is 12.6. The van der Waals surface area contributed by atoms with Crippen molar-refractivity contribution in [3.05, 3.63) is 75.6 Å². The van der Waals surface area contributed by atoms with Crippen LogP contribution in [0.1, 0.15) is 44.6 Å². The number of methoxy groups -OCH3 is 2. The van der Waals surface area contributed by atoms with E-state index in [0.29, 0.717) is 52.3 Å². The fourth-order valence-electron chi connectivity index (χ4n) is 3.64. The van der Waals surface area contributed by atoms with Crippen molar-refractivity contribution in [2.75, 3.05) is 20.8 Å². The van der Waals surface area contributed by atoms with Crippen LogP contribution >= 0.6 is 11.6 Å². The highest BCUT2D eigenvalue weighted by Crippen LogP contribution is 2.38. The zero-order valence-electron chi connectivity index (χ0n) is 19.7. The number of esters is 2. The van der Waals surface area contributed by atoms with Gasteiger partial charge in [-0.25, -0.2) is 9.59 Å². The molecule has 0 radical (unpaired) electrons. The molecule has 0 spiro atoms. The molecular formula is C26H26ClNO6. The van der Waals surface area contributed by atoms with Gasteiger partial charge in [0.25, 0.3) is 0 Å². The molecular weight excluding hydrogens is 458 g/mol. The second-order valence-electron chi connectivity index (χ2n) is 7.40. The number of rotatable bonds is 8. The van der Waals surface area contributed by atoms with Gasteiger partial charge < -0.3 is 18.9 Å². The third-order valence-electron chi connectivity index (χ3n) is 5.18. The normalized spacial score (nSPS) is 10.5. The molecule has 0 bridgehead atoms. The third-order valence-corrected chi connectivity index (χ3v) is 5.43. The number of pyridine rings is 1. The maximum atomic E-state index is 12.7. The Balaban J connectivity index is 2.13. The second-order valence-corrected chi connectivity index (χ2v) is 7.84. The van der Waals surface area contributed by atoms with E-state index in [-0.39, 0.29) is 11.1 Å². The van der Waals surface area contributed by atoms with E-state index in [9.17, 15) is 9.59 Å². The number of carbonyl (C=O) groups is 2. The van der Waals surface area contributed by atoms with Gasteiger partial charge >= 0.3 is 11.9 Å². The van der Waals surface area contributed by atoms with E-state index in [1.54, 1.807) is 44.2 Å². The topological polar surface area (TPSA) is 84.0 Å². The summed E-state index contributed by atoms with van der Waals surface area (Å²) in [5, 5.41) is 0.647. The van der Waals surface area contributed by atoms with E-state index in [0.717, 1.165) is 5.56 Å². The lowest BCUT2D eigenvalue weighted by molar-refractivity contribution is 0.0599. The van der Waals surface area contributed by atoms with Crippen LogP contribution < -0.4 is 9.47 Å². The minimum atomic E-state index is -0.605. The Morgan fingerprint density at radius 3 is 1.97 bits per heavy atom. The molecule has 2 aromatic carbocycles. The van der Waals surface area contributed by atoms with Crippen LogP contribution in [-0.2, 0) is 16.1 Å². The number of nitrogens with zero attached hydrogens (tertiary/aromatic N) is 1. The number of aromatic nitrogens is 1. The number of carbonyl (C=O) groups excluding carboxylic acids is 2. The van der Waals surface area contributed by atoms with Crippen LogP contribution in [0.25, 0.3) is 11.1 Å². The second kappa shape index (κ2) is 11.0. The van der Waals surface area contributed by atoms with E-state index >= 15 is 0 Å².